The number of hydrogen-bond donors (Lipinski definition) is 2. The van der Waals surface area contributed by atoms with Gasteiger partial charge in [-0.2, -0.15) is 4.98 Å². The zero-order valence-corrected chi connectivity index (χ0v) is 22.6. The number of anilines is 3. The number of thioether (sulfide) groups is 1. The standard InChI is InChI=1S/C28H30N6O3S/c1-6-25(35)30-19-8-7-9-20(15-19)34-26(36)14-18(2)22-17-29-28(32-27(22)34)31-23-11-10-21(16-24(23)37-5)38-13-12-33(3)4/h6-11,14-17H,1,12-13H2,2-5H3,(H,30,35)(H,29,31,32). The van der Waals surface area contributed by atoms with Crippen LogP contribution in [0.3, 0.4) is 0 Å². The first-order valence-electron chi connectivity index (χ1n) is 11.9. The number of carbonyl (C=O) groups is 1. The van der Waals surface area contributed by atoms with Crippen molar-refractivity contribution in [2.75, 3.05) is 44.1 Å². The maximum atomic E-state index is 13.1. The van der Waals surface area contributed by atoms with E-state index in [2.05, 4.69) is 41.2 Å². The number of rotatable bonds is 10. The second-order valence-electron chi connectivity index (χ2n) is 8.81. The first-order valence-corrected chi connectivity index (χ1v) is 12.9. The summed E-state index contributed by atoms with van der Waals surface area (Å²) in [4.78, 5) is 37.4. The van der Waals surface area contributed by atoms with Crippen molar-refractivity contribution in [3.8, 4) is 11.4 Å². The van der Waals surface area contributed by atoms with Gasteiger partial charge in [0.2, 0.25) is 11.9 Å². The lowest BCUT2D eigenvalue weighted by atomic mass is 10.2. The number of pyridine rings is 1. The SMILES string of the molecule is C=CC(=O)Nc1cccc(-n2c(=O)cc(C)c3cnc(Nc4ccc(SCCN(C)C)cc4OC)nc32)c1. The van der Waals surface area contributed by atoms with E-state index >= 15 is 0 Å². The maximum Gasteiger partial charge on any atom is 0.257 e. The highest BCUT2D eigenvalue weighted by molar-refractivity contribution is 7.99. The molecule has 196 valence electrons. The maximum absolute atomic E-state index is 13.1. The quantitative estimate of drug-likeness (QED) is 0.226. The Balaban J connectivity index is 1.71. The fraction of sp³-hybridized carbons (Fsp3) is 0.214. The van der Waals surface area contributed by atoms with Crippen molar-refractivity contribution < 1.29 is 9.53 Å². The number of nitrogens with one attached hydrogen (secondary N) is 2. The van der Waals surface area contributed by atoms with Gasteiger partial charge < -0.3 is 20.3 Å². The summed E-state index contributed by atoms with van der Waals surface area (Å²) in [5.41, 5.74) is 2.76. The zero-order chi connectivity index (χ0) is 27.2. The first kappa shape index (κ1) is 26.9. The molecule has 9 nitrogen and oxygen atoms in total. The predicted octanol–water partition coefficient (Wildman–Crippen LogP) is 4.62. The number of ether oxygens (including phenoxy) is 1. The second-order valence-corrected chi connectivity index (χ2v) is 9.98. The van der Waals surface area contributed by atoms with E-state index in [1.807, 2.05) is 25.1 Å². The molecule has 4 aromatic rings. The molecule has 1 amide bonds. The number of aryl methyl sites for hydroxylation is 1. The Kier molecular flexibility index (Phi) is 8.45. The highest BCUT2D eigenvalue weighted by atomic mass is 32.2. The van der Waals surface area contributed by atoms with Crippen molar-refractivity contribution in [2.24, 2.45) is 0 Å². The molecule has 0 fully saturated rings. The van der Waals surface area contributed by atoms with E-state index in [-0.39, 0.29) is 11.5 Å². The molecule has 4 rings (SSSR count). The summed E-state index contributed by atoms with van der Waals surface area (Å²) in [7, 11) is 5.72. The fourth-order valence-corrected chi connectivity index (χ4v) is 4.86. The van der Waals surface area contributed by atoms with Crippen LogP contribution in [0.5, 0.6) is 5.75 Å². The normalized spacial score (nSPS) is 11.0. The summed E-state index contributed by atoms with van der Waals surface area (Å²) in [5, 5.41) is 6.69. The Morgan fingerprint density at radius 2 is 2.03 bits per heavy atom. The van der Waals surface area contributed by atoms with Gasteiger partial charge in [0.05, 0.1) is 18.5 Å². The molecule has 0 bridgehead atoms. The molecule has 38 heavy (non-hydrogen) atoms. The molecule has 0 saturated heterocycles. The van der Waals surface area contributed by atoms with Crippen molar-refractivity contribution in [1.82, 2.24) is 19.4 Å². The summed E-state index contributed by atoms with van der Waals surface area (Å²) in [5.74, 6) is 1.61. The van der Waals surface area contributed by atoms with Gasteiger partial charge in [-0.3, -0.25) is 14.2 Å². The van der Waals surface area contributed by atoms with Crippen LogP contribution in [0, 0.1) is 6.92 Å². The van der Waals surface area contributed by atoms with Gasteiger partial charge >= 0.3 is 0 Å². The molecule has 2 N–H and O–H groups in total. The Morgan fingerprint density at radius 3 is 2.76 bits per heavy atom. The van der Waals surface area contributed by atoms with Gasteiger partial charge in [0.25, 0.3) is 5.56 Å². The minimum atomic E-state index is -0.340. The lowest BCUT2D eigenvalue weighted by molar-refractivity contribution is -0.111. The smallest absolute Gasteiger partial charge is 0.257 e. The number of methoxy groups -OCH3 is 1. The van der Waals surface area contributed by atoms with Gasteiger partial charge in [-0.1, -0.05) is 12.6 Å². The van der Waals surface area contributed by atoms with Crippen molar-refractivity contribution in [3.05, 3.63) is 83.3 Å². The molecular formula is C28H30N6O3S. The van der Waals surface area contributed by atoms with Crippen molar-refractivity contribution >= 4 is 46.0 Å². The highest BCUT2D eigenvalue weighted by Gasteiger charge is 2.14. The van der Waals surface area contributed by atoms with Crippen molar-refractivity contribution in [2.45, 2.75) is 11.8 Å². The number of hydrogen-bond acceptors (Lipinski definition) is 8. The largest absolute Gasteiger partial charge is 0.495 e. The minimum Gasteiger partial charge on any atom is -0.495 e. The lowest BCUT2D eigenvalue weighted by Gasteiger charge is -2.15. The number of benzene rings is 2. The van der Waals surface area contributed by atoms with Gasteiger partial charge in [0, 0.05) is 40.5 Å². The highest BCUT2D eigenvalue weighted by Crippen LogP contribution is 2.32. The molecule has 0 radical (unpaired) electrons. The number of amides is 1. The van der Waals surface area contributed by atoms with E-state index in [9.17, 15) is 9.59 Å². The van der Waals surface area contributed by atoms with Crippen molar-refractivity contribution in [3.63, 3.8) is 0 Å². The van der Waals surface area contributed by atoms with Crippen LogP contribution < -0.4 is 20.9 Å². The van der Waals surface area contributed by atoms with Crippen LogP contribution in [0.4, 0.5) is 17.3 Å². The van der Waals surface area contributed by atoms with Crippen LogP contribution in [0.15, 0.2) is 77.1 Å². The van der Waals surface area contributed by atoms with E-state index in [4.69, 9.17) is 9.72 Å². The molecule has 2 aromatic carbocycles. The molecule has 0 aliphatic heterocycles. The van der Waals surface area contributed by atoms with Crippen LogP contribution in [0.1, 0.15) is 5.56 Å². The average molecular weight is 531 g/mol. The van der Waals surface area contributed by atoms with Crippen LogP contribution >= 0.6 is 11.8 Å². The summed E-state index contributed by atoms with van der Waals surface area (Å²) in [6.07, 6.45) is 2.88. The fourth-order valence-electron chi connectivity index (χ4n) is 3.81. The molecule has 0 saturated carbocycles. The van der Waals surface area contributed by atoms with Gasteiger partial charge in [-0.05, 0) is 69.1 Å². The van der Waals surface area contributed by atoms with Crippen LogP contribution in [0.25, 0.3) is 16.7 Å². The first-order chi connectivity index (χ1) is 18.3. The molecule has 2 heterocycles. The second kappa shape index (κ2) is 11.9. The third-order valence-electron chi connectivity index (χ3n) is 5.75. The number of aromatic nitrogens is 3. The molecular weight excluding hydrogens is 500 g/mol. The van der Waals surface area contributed by atoms with Gasteiger partial charge in [0.15, 0.2) is 5.65 Å². The molecule has 0 unspecified atom stereocenters. The summed E-state index contributed by atoms with van der Waals surface area (Å²) in [6.45, 7) is 6.30. The van der Waals surface area contributed by atoms with Gasteiger partial charge in [0.1, 0.15) is 5.75 Å². The lowest BCUT2D eigenvalue weighted by Crippen LogP contribution is -2.20. The average Bonchev–Trinajstić information content (AvgIpc) is 2.89. The van der Waals surface area contributed by atoms with Crippen LogP contribution in [-0.2, 0) is 4.79 Å². The monoisotopic (exact) mass is 530 g/mol. The number of fused-ring (bicyclic) bond motifs is 1. The molecule has 10 heteroatoms. The third-order valence-corrected chi connectivity index (χ3v) is 6.72. The Labute approximate surface area is 225 Å². The Bertz CT molecular complexity index is 1550. The predicted molar refractivity (Wildman–Crippen MR) is 154 cm³/mol. The van der Waals surface area contributed by atoms with E-state index in [1.165, 1.54) is 10.6 Å². The molecule has 0 spiro atoms. The zero-order valence-electron chi connectivity index (χ0n) is 21.8. The molecule has 0 aliphatic carbocycles. The topological polar surface area (TPSA) is 101 Å². The summed E-state index contributed by atoms with van der Waals surface area (Å²) >= 11 is 1.75. The van der Waals surface area contributed by atoms with Crippen LogP contribution in [-0.4, -0.2) is 58.8 Å². The van der Waals surface area contributed by atoms with Crippen molar-refractivity contribution in [1.29, 1.82) is 0 Å². The molecule has 0 aliphatic rings. The number of nitrogens with zero attached hydrogens (tertiary/aromatic N) is 4. The van der Waals surface area contributed by atoms with E-state index in [0.717, 1.165) is 28.1 Å². The summed E-state index contributed by atoms with van der Waals surface area (Å²) < 4.78 is 7.12. The van der Waals surface area contributed by atoms with Gasteiger partial charge in [-0.25, -0.2) is 4.98 Å². The number of carbonyl (C=O) groups excluding carboxylic acids is 1. The summed E-state index contributed by atoms with van der Waals surface area (Å²) in [6, 6.07) is 14.5. The van der Waals surface area contributed by atoms with Gasteiger partial charge in [-0.15, -0.1) is 11.8 Å². The minimum absolute atomic E-state index is 0.247. The molecule has 0 atom stereocenters. The van der Waals surface area contributed by atoms with E-state index in [0.29, 0.717) is 34.4 Å². The third kappa shape index (κ3) is 6.21. The van der Waals surface area contributed by atoms with Crippen LogP contribution in [0.2, 0.25) is 0 Å². The Morgan fingerprint density at radius 1 is 1.21 bits per heavy atom. The van der Waals surface area contributed by atoms with E-state index < -0.39 is 0 Å². The Hall–Kier alpha value is -4.15. The molecule has 2 aromatic heterocycles. The van der Waals surface area contributed by atoms with E-state index in [1.54, 1.807) is 55.4 Å².